The maximum Gasteiger partial charge on any atom is 0.129 e. The van der Waals surface area contributed by atoms with Gasteiger partial charge in [-0.25, -0.2) is 8.78 Å². The molecule has 1 aliphatic rings. The zero-order valence-corrected chi connectivity index (χ0v) is 12.9. The molecule has 0 bridgehead atoms. The molecule has 21 heavy (non-hydrogen) atoms. The van der Waals surface area contributed by atoms with Crippen molar-refractivity contribution in [1.82, 2.24) is 5.32 Å². The van der Waals surface area contributed by atoms with Gasteiger partial charge in [0.2, 0.25) is 0 Å². The molecule has 4 heteroatoms. The van der Waals surface area contributed by atoms with E-state index in [0.29, 0.717) is 18.9 Å². The van der Waals surface area contributed by atoms with Gasteiger partial charge in [0, 0.05) is 18.2 Å². The van der Waals surface area contributed by atoms with Gasteiger partial charge in [0.05, 0.1) is 6.10 Å². The Balaban J connectivity index is 2.14. The number of halogens is 2. The fraction of sp³-hybridized carbons (Fsp3) is 0.647. The first-order valence-corrected chi connectivity index (χ1v) is 7.95. The molecule has 1 aromatic carbocycles. The highest BCUT2D eigenvalue weighted by molar-refractivity contribution is 5.21. The number of benzene rings is 1. The van der Waals surface area contributed by atoms with Crippen LogP contribution >= 0.6 is 0 Å². The van der Waals surface area contributed by atoms with Gasteiger partial charge in [-0.15, -0.1) is 0 Å². The molecule has 2 rings (SSSR count). The van der Waals surface area contributed by atoms with Gasteiger partial charge in [-0.3, -0.25) is 0 Å². The van der Waals surface area contributed by atoms with Crippen molar-refractivity contribution in [3.8, 4) is 0 Å². The molecule has 2 unspecified atom stereocenters. The van der Waals surface area contributed by atoms with Crippen molar-refractivity contribution in [3.05, 3.63) is 35.4 Å². The van der Waals surface area contributed by atoms with Crippen molar-refractivity contribution in [2.24, 2.45) is 5.92 Å². The van der Waals surface area contributed by atoms with Crippen molar-refractivity contribution >= 4 is 0 Å². The van der Waals surface area contributed by atoms with E-state index in [0.717, 1.165) is 25.8 Å². The Kier molecular flexibility index (Phi) is 6.12. The molecule has 1 aliphatic carbocycles. The molecule has 0 spiro atoms. The Morgan fingerprint density at radius 2 is 1.90 bits per heavy atom. The van der Waals surface area contributed by atoms with Crippen LogP contribution in [0.5, 0.6) is 0 Å². The molecule has 1 aromatic rings. The van der Waals surface area contributed by atoms with Crippen LogP contribution in [-0.4, -0.2) is 25.3 Å². The van der Waals surface area contributed by atoms with E-state index in [-0.39, 0.29) is 17.7 Å². The monoisotopic (exact) mass is 297 g/mol. The summed E-state index contributed by atoms with van der Waals surface area (Å²) >= 11 is 0. The van der Waals surface area contributed by atoms with Gasteiger partial charge in [-0.05, 0) is 57.2 Å². The molecule has 1 saturated carbocycles. The normalized spacial score (nSPS) is 17.7. The number of nitrogens with one attached hydrogen (secondary N) is 1. The summed E-state index contributed by atoms with van der Waals surface area (Å²) in [6.07, 6.45) is 3.66. The molecule has 0 saturated heterocycles. The second-order valence-electron chi connectivity index (χ2n) is 5.72. The van der Waals surface area contributed by atoms with Gasteiger partial charge >= 0.3 is 0 Å². The maximum absolute atomic E-state index is 13.9. The first-order chi connectivity index (χ1) is 10.2. The summed E-state index contributed by atoms with van der Waals surface area (Å²) in [7, 11) is 0. The molecule has 0 amide bonds. The van der Waals surface area contributed by atoms with Crippen LogP contribution in [0.2, 0.25) is 0 Å². The van der Waals surface area contributed by atoms with Crippen LogP contribution in [0, 0.1) is 17.6 Å². The molecule has 2 atom stereocenters. The topological polar surface area (TPSA) is 21.3 Å². The van der Waals surface area contributed by atoms with Crippen LogP contribution in [0.1, 0.15) is 38.7 Å². The molecular weight excluding hydrogens is 272 g/mol. The van der Waals surface area contributed by atoms with Crippen LogP contribution in [-0.2, 0) is 11.2 Å². The maximum atomic E-state index is 13.9. The van der Waals surface area contributed by atoms with Gasteiger partial charge in [-0.2, -0.15) is 0 Å². The summed E-state index contributed by atoms with van der Waals surface area (Å²) in [5.74, 6) is -0.414. The van der Waals surface area contributed by atoms with E-state index in [1.807, 2.05) is 6.92 Å². The smallest absolute Gasteiger partial charge is 0.129 e. The highest BCUT2D eigenvalue weighted by Crippen LogP contribution is 2.36. The highest BCUT2D eigenvalue weighted by atomic mass is 19.1. The fourth-order valence-electron chi connectivity index (χ4n) is 2.78. The summed E-state index contributed by atoms with van der Waals surface area (Å²) in [5, 5.41) is 3.42. The lowest BCUT2D eigenvalue weighted by atomic mass is 9.97. The summed E-state index contributed by atoms with van der Waals surface area (Å²) < 4.78 is 33.7. The fourth-order valence-corrected chi connectivity index (χ4v) is 2.78. The number of ether oxygens (including phenoxy) is 1. The van der Waals surface area contributed by atoms with E-state index in [1.165, 1.54) is 18.2 Å². The second kappa shape index (κ2) is 7.85. The van der Waals surface area contributed by atoms with E-state index >= 15 is 0 Å². The Morgan fingerprint density at radius 1 is 1.24 bits per heavy atom. The van der Waals surface area contributed by atoms with E-state index in [2.05, 4.69) is 12.2 Å². The van der Waals surface area contributed by atoms with Crippen molar-refractivity contribution in [2.45, 2.75) is 51.7 Å². The van der Waals surface area contributed by atoms with Gasteiger partial charge in [0.25, 0.3) is 0 Å². The largest absolute Gasteiger partial charge is 0.377 e. The summed E-state index contributed by atoms with van der Waals surface area (Å²) in [6.45, 7) is 5.51. The summed E-state index contributed by atoms with van der Waals surface area (Å²) in [6, 6.07) is 4.01. The average Bonchev–Trinajstić information content (AvgIpc) is 3.29. The molecule has 1 fully saturated rings. The van der Waals surface area contributed by atoms with Gasteiger partial charge in [0.1, 0.15) is 11.6 Å². The molecule has 0 aromatic heterocycles. The SMILES string of the molecule is CCCNC(Cc1c(F)cccc1F)C(OCC)C1CC1. The van der Waals surface area contributed by atoms with E-state index in [1.54, 1.807) is 0 Å². The minimum absolute atomic E-state index is 0.0381. The van der Waals surface area contributed by atoms with Gasteiger partial charge < -0.3 is 10.1 Å². The molecule has 0 radical (unpaired) electrons. The van der Waals surface area contributed by atoms with Crippen LogP contribution < -0.4 is 5.32 Å². The number of hydrogen-bond acceptors (Lipinski definition) is 2. The molecule has 118 valence electrons. The molecule has 0 aliphatic heterocycles. The van der Waals surface area contributed by atoms with Crippen molar-refractivity contribution in [3.63, 3.8) is 0 Å². The zero-order valence-electron chi connectivity index (χ0n) is 12.9. The van der Waals surface area contributed by atoms with Crippen LogP contribution in [0.15, 0.2) is 18.2 Å². The third kappa shape index (κ3) is 4.48. The van der Waals surface area contributed by atoms with Crippen molar-refractivity contribution < 1.29 is 13.5 Å². The quantitative estimate of drug-likeness (QED) is 0.750. The highest BCUT2D eigenvalue weighted by Gasteiger charge is 2.37. The molecule has 2 nitrogen and oxygen atoms in total. The summed E-state index contributed by atoms with van der Waals surface area (Å²) in [4.78, 5) is 0. The summed E-state index contributed by atoms with van der Waals surface area (Å²) in [5.41, 5.74) is 0.163. The predicted molar refractivity (Wildman–Crippen MR) is 80.3 cm³/mol. The van der Waals surface area contributed by atoms with Crippen LogP contribution in [0.4, 0.5) is 8.78 Å². The number of hydrogen-bond donors (Lipinski definition) is 1. The van der Waals surface area contributed by atoms with E-state index in [4.69, 9.17) is 4.74 Å². The minimum Gasteiger partial charge on any atom is -0.377 e. The van der Waals surface area contributed by atoms with E-state index < -0.39 is 11.6 Å². The lowest BCUT2D eigenvalue weighted by Gasteiger charge is -2.28. The lowest BCUT2D eigenvalue weighted by Crippen LogP contribution is -2.45. The third-order valence-corrected chi connectivity index (χ3v) is 3.98. The predicted octanol–water partition coefficient (Wildman–Crippen LogP) is 3.69. The Labute approximate surface area is 125 Å². The van der Waals surface area contributed by atoms with Crippen LogP contribution in [0.3, 0.4) is 0 Å². The molecular formula is C17H25F2NO. The second-order valence-corrected chi connectivity index (χ2v) is 5.72. The average molecular weight is 297 g/mol. The van der Waals surface area contributed by atoms with Crippen LogP contribution in [0.25, 0.3) is 0 Å². The molecule has 1 N–H and O–H groups in total. The first-order valence-electron chi connectivity index (χ1n) is 7.95. The Bertz CT molecular complexity index is 428. The van der Waals surface area contributed by atoms with Gasteiger partial charge in [-0.1, -0.05) is 13.0 Å². The third-order valence-electron chi connectivity index (χ3n) is 3.98. The lowest BCUT2D eigenvalue weighted by molar-refractivity contribution is 0.0189. The van der Waals surface area contributed by atoms with E-state index in [9.17, 15) is 8.78 Å². The molecule has 0 heterocycles. The number of rotatable bonds is 9. The minimum atomic E-state index is -0.468. The van der Waals surface area contributed by atoms with Gasteiger partial charge in [0.15, 0.2) is 0 Å². The first kappa shape index (κ1) is 16.4. The Morgan fingerprint density at radius 3 is 2.43 bits per heavy atom. The zero-order chi connectivity index (χ0) is 15.2. The standard InChI is InChI=1S/C17H25F2NO/c1-3-10-20-16(17(21-4-2)12-8-9-12)11-13-14(18)6-5-7-15(13)19/h5-7,12,16-17,20H,3-4,8-11H2,1-2H3. The van der Waals surface area contributed by atoms with Crippen molar-refractivity contribution in [1.29, 1.82) is 0 Å². The van der Waals surface area contributed by atoms with Crippen molar-refractivity contribution in [2.75, 3.05) is 13.2 Å². The Hall–Kier alpha value is -1.00.